The van der Waals surface area contributed by atoms with Crippen LogP contribution in [0.5, 0.6) is 0 Å². The molecule has 2 heterocycles. The number of primary amides is 1. The highest BCUT2D eigenvalue weighted by Gasteiger charge is 2.10. The zero-order valence-electron chi connectivity index (χ0n) is 13.5. The van der Waals surface area contributed by atoms with Gasteiger partial charge in [0.15, 0.2) is 5.82 Å². The van der Waals surface area contributed by atoms with E-state index in [1.54, 1.807) is 37.1 Å². The summed E-state index contributed by atoms with van der Waals surface area (Å²) in [7, 11) is 0. The van der Waals surface area contributed by atoms with Crippen molar-refractivity contribution >= 4 is 17.7 Å². The van der Waals surface area contributed by atoms with Crippen LogP contribution >= 0.6 is 0 Å². The van der Waals surface area contributed by atoms with Gasteiger partial charge in [0.05, 0.1) is 5.57 Å². The van der Waals surface area contributed by atoms with Crippen LogP contribution in [0.4, 0.5) is 0 Å². The van der Waals surface area contributed by atoms with Crippen molar-refractivity contribution in [1.82, 2.24) is 19.7 Å². The Morgan fingerprint density at radius 3 is 2.42 bits per heavy atom. The van der Waals surface area contributed by atoms with Gasteiger partial charge in [-0.15, -0.1) is 5.10 Å². The molecule has 0 unspecified atom stereocenters. The second-order valence-corrected chi connectivity index (χ2v) is 5.57. The van der Waals surface area contributed by atoms with Gasteiger partial charge in [0.1, 0.15) is 6.33 Å². The molecule has 0 aliphatic heterocycles. The highest BCUT2D eigenvalue weighted by Crippen LogP contribution is 2.19. The van der Waals surface area contributed by atoms with Crippen LogP contribution in [0, 0.1) is 13.8 Å². The Balaban J connectivity index is 1.99. The van der Waals surface area contributed by atoms with E-state index in [1.165, 1.54) is 4.68 Å². The van der Waals surface area contributed by atoms with E-state index in [1.807, 2.05) is 26.0 Å². The third kappa shape index (κ3) is 3.38. The number of hydrogen-bond acceptors (Lipinski definition) is 4. The van der Waals surface area contributed by atoms with E-state index in [0.29, 0.717) is 17.0 Å². The molecule has 0 radical (unpaired) electrons. The Labute approximate surface area is 139 Å². The molecule has 0 atom stereocenters. The van der Waals surface area contributed by atoms with Crippen LogP contribution in [0.3, 0.4) is 0 Å². The number of carbonyl (C=O) groups is 1. The lowest BCUT2D eigenvalue weighted by Crippen LogP contribution is -2.13. The van der Waals surface area contributed by atoms with Crippen LogP contribution in [0.1, 0.15) is 16.7 Å². The van der Waals surface area contributed by atoms with Crippen molar-refractivity contribution in [2.75, 3.05) is 0 Å². The number of aromatic nitrogens is 4. The first-order chi connectivity index (χ1) is 11.5. The molecule has 0 aliphatic carbocycles. The van der Waals surface area contributed by atoms with Gasteiger partial charge in [-0.05, 0) is 43.7 Å². The van der Waals surface area contributed by atoms with Crippen LogP contribution in [-0.4, -0.2) is 25.7 Å². The van der Waals surface area contributed by atoms with Crippen LogP contribution in [0.2, 0.25) is 0 Å². The summed E-state index contributed by atoms with van der Waals surface area (Å²) in [4.78, 5) is 20.0. The van der Waals surface area contributed by atoms with Gasteiger partial charge in [0.2, 0.25) is 0 Å². The van der Waals surface area contributed by atoms with Crippen LogP contribution in [0.25, 0.3) is 23.2 Å². The largest absolute Gasteiger partial charge is 0.366 e. The number of hydrogen-bond donors (Lipinski definition) is 1. The van der Waals surface area contributed by atoms with Gasteiger partial charge in [-0.3, -0.25) is 9.78 Å². The third-order valence-corrected chi connectivity index (χ3v) is 3.51. The number of benzene rings is 1. The maximum absolute atomic E-state index is 11.7. The lowest BCUT2D eigenvalue weighted by Gasteiger charge is -2.03. The Morgan fingerprint density at radius 2 is 1.79 bits per heavy atom. The minimum atomic E-state index is -0.537. The number of rotatable bonds is 4. The first-order valence-corrected chi connectivity index (χ1v) is 7.45. The third-order valence-electron chi connectivity index (χ3n) is 3.51. The van der Waals surface area contributed by atoms with E-state index < -0.39 is 5.91 Å². The summed E-state index contributed by atoms with van der Waals surface area (Å²) in [5.41, 5.74) is 9.73. The number of nitrogens with two attached hydrogens (primary N) is 1. The summed E-state index contributed by atoms with van der Waals surface area (Å²) in [5, 5.41) is 4.42. The standard InChI is InChI=1S/C18H17N5O/c1-12-7-13(2)9-15(8-12)18-21-11-23(22-18)10-16(17(19)24)14-3-5-20-6-4-14/h3-11H,1-2H3,(H2,19,24)/b16-10+. The van der Waals surface area contributed by atoms with Gasteiger partial charge >= 0.3 is 0 Å². The van der Waals surface area contributed by atoms with E-state index in [-0.39, 0.29) is 0 Å². The van der Waals surface area contributed by atoms with E-state index >= 15 is 0 Å². The van der Waals surface area contributed by atoms with Crippen molar-refractivity contribution in [1.29, 1.82) is 0 Å². The van der Waals surface area contributed by atoms with Crippen molar-refractivity contribution in [2.24, 2.45) is 5.73 Å². The first-order valence-electron chi connectivity index (χ1n) is 7.45. The van der Waals surface area contributed by atoms with E-state index in [0.717, 1.165) is 16.7 Å². The highest BCUT2D eigenvalue weighted by atomic mass is 16.1. The quantitative estimate of drug-likeness (QED) is 0.748. The fourth-order valence-electron chi connectivity index (χ4n) is 2.52. The molecule has 0 saturated heterocycles. The monoisotopic (exact) mass is 319 g/mol. The summed E-state index contributed by atoms with van der Waals surface area (Å²) in [5.74, 6) is 0.0567. The van der Waals surface area contributed by atoms with Crippen LogP contribution < -0.4 is 5.73 Å². The predicted octanol–water partition coefficient (Wildman–Crippen LogP) is 2.44. The Morgan fingerprint density at radius 1 is 1.12 bits per heavy atom. The minimum absolute atomic E-state index is 0.342. The maximum atomic E-state index is 11.7. The predicted molar refractivity (Wildman–Crippen MR) is 92.5 cm³/mol. The van der Waals surface area contributed by atoms with Gasteiger partial charge in [0, 0.05) is 24.2 Å². The molecule has 0 saturated carbocycles. The number of amides is 1. The fourth-order valence-corrected chi connectivity index (χ4v) is 2.52. The lowest BCUT2D eigenvalue weighted by atomic mass is 10.1. The molecule has 0 aliphatic rings. The molecule has 2 N–H and O–H groups in total. The fraction of sp³-hybridized carbons (Fsp3) is 0.111. The summed E-state index contributed by atoms with van der Waals surface area (Å²) >= 11 is 0. The van der Waals surface area contributed by atoms with E-state index in [4.69, 9.17) is 5.73 Å². The molecule has 120 valence electrons. The number of pyridine rings is 1. The highest BCUT2D eigenvalue weighted by molar-refractivity contribution is 6.22. The molecule has 0 bridgehead atoms. The summed E-state index contributed by atoms with van der Waals surface area (Å²) in [6, 6.07) is 9.58. The molecule has 3 rings (SSSR count). The maximum Gasteiger partial charge on any atom is 0.250 e. The molecule has 24 heavy (non-hydrogen) atoms. The van der Waals surface area contributed by atoms with Gasteiger partial charge in [-0.2, -0.15) is 0 Å². The van der Waals surface area contributed by atoms with Gasteiger partial charge in [-0.25, -0.2) is 9.67 Å². The second kappa shape index (κ2) is 6.45. The van der Waals surface area contributed by atoms with Gasteiger partial charge in [-0.1, -0.05) is 17.2 Å². The molecule has 3 aromatic rings. The van der Waals surface area contributed by atoms with Crippen molar-refractivity contribution in [3.63, 3.8) is 0 Å². The summed E-state index contributed by atoms with van der Waals surface area (Å²) in [6.07, 6.45) is 6.33. The SMILES string of the molecule is Cc1cc(C)cc(-c2ncn(/C=C(/C(N)=O)c3ccncc3)n2)c1. The zero-order valence-corrected chi connectivity index (χ0v) is 13.5. The molecular weight excluding hydrogens is 302 g/mol. The molecule has 2 aromatic heterocycles. The summed E-state index contributed by atoms with van der Waals surface area (Å²) < 4.78 is 1.49. The first kappa shape index (κ1) is 15.6. The molecular formula is C18H17N5O. The normalized spacial score (nSPS) is 11.5. The van der Waals surface area contributed by atoms with Gasteiger partial charge in [0.25, 0.3) is 5.91 Å². The van der Waals surface area contributed by atoms with Crippen molar-refractivity contribution in [3.05, 3.63) is 65.7 Å². The average molecular weight is 319 g/mol. The van der Waals surface area contributed by atoms with Crippen LogP contribution in [0.15, 0.2) is 49.1 Å². The second-order valence-electron chi connectivity index (χ2n) is 5.57. The number of carbonyl (C=O) groups excluding carboxylic acids is 1. The molecule has 0 spiro atoms. The van der Waals surface area contributed by atoms with E-state index in [9.17, 15) is 4.79 Å². The van der Waals surface area contributed by atoms with E-state index in [2.05, 4.69) is 21.1 Å². The topological polar surface area (TPSA) is 86.7 Å². The molecule has 0 fully saturated rings. The number of nitrogens with zero attached hydrogens (tertiary/aromatic N) is 4. The molecule has 1 aromatic carbocycles. The van der Waals surface area contributed by atoms with Crippen molar-refractivity contribution < 1.29 is 4.79 Å². The zero-order chi connectivity index (χ0) is 17.1. The van der Waals surface area contributed by atoms with Crippen molar-refractivity contribution in [3.8, 4) is 11.4 Å². The molecule has 6 nitrogen and oxygen atoms in total. The Hall–Kier alpha value is -3.28. The average Bonchev–Trinajstić information content (AvgIpc) is 3.01. The summed E-state index contributed by atoms with van der Waals surface area (Å²) in [6.45, 7) is 4.06. The molecule has 1 amide bonds. The van der Waals surface area contributed by atoms with Gasteiger partial charge < -0.3 is 5.73 Å². The smallest absolute Gasteiger partial charge is 0.250 e. The van der Waals surface area contributed by atoms with Crippen LogP contribution in [-0.2, 0) is 4.79 Å². The molecule has 6 heteroatoms. The lowest BCUT2D eigenvalue weighted by molar-refractivity contribution is -0.112. The number of aryl methyl sites for hydroxylation is 2. The Bertz CT molecular complexity index is 892. The minimum Gasteiger partial charge on any atom is -0.366 e. The van der Waals surface area contributed by atoms with Crippen molar-refractivity contribution in [2.45, 2.75) is 13.8 Å². The Kier molecular flexibility index (Phi) is 4.20.